The van der Waals surface area contributed by atoms with E-state index in [2.05, 4.69) is 4.98 Å². The molecule has 1 heterocycles. The van der Waals surface area contributed by atoms with Crippen molar-refractivity contribution in [2.45, 2.75) is 16.7 Å². The Morgan fingerprint density at radius 1 is 1.04 bits per heavy atom. The lowest BCUT2D eigenvalue weighted by molar-refractivity contribution is 0.405. The van der Waals surface area contributed by atoms with Crippen LogP contribution in [-0.2, 0) is 9.84 Å². The molecule has 0 bridgehead atoms. The van der Waals surface area contributed by atoms with Gasteiger partial charge in [-0.25, -0.2) is 8.42 Å². The molecule has 130 valence electrons. The minimum atomic E-state index is -3.84. The molecule has 0 radical (unpaired) electrons. The Balaban J connectivity index is 2.28. The van der Waals surface area contributed by atoms with Crippen LogP contribution < -0.4 is 9.47 Å². The number of hydrogen-bond donors (Lipinski definition) is 0. The lowest BCUT2D eigenvalue weighted by Gasteiger charge is -2.13. The summed E-state index contributed by atoms with van der Waals surface area (Å²) in [5.74, 6) is 0.807. The van der Waals surface area contributed by atoms with E-state index >= 15 is 0 Å². The molecule has 3 aromatic rings. The molecule has 0 unspecified atom stereocenters. The average Bonchev–Trinajstić information content (AvgIpc) is 2.62. The zero-order valence-electron chi connectivity index (χ0n) is 13.9. The molecule has 7 heteroatoms. The molecule has 25 heavy (non-hydrogen) atoms. The fraction of sp³-hybridized carbons (Fsp3) is 0.167. The first kappa shape index (κ1) is 17.5. The van der Waals surface area contributed by atoms with E-state index in [0.717, 1.165) is 5.56 Å². The van der Waals surface area contributed by atoms with Gasteiger partial charge in [-0.3, -0.25) is 4.98 Å². The second-order valence-corrected chi connectivity index (χ2v) is 7.78. The highest BCUT2D eigenvalue weighted by molar-refractivity contribution is 7.91. The summed E-state index contributed by atoms with van der Waals surface area (Å²) in [6.07, 6.45) is 1.30. The van der Waals surface area contributed by atoms with Crippen molar-refractivity contribution < 1.29 is 17.9 Å². The van der Waals surface area contributed by atoms with Gasteiger partial charge in [0.2, 0.25) is 9.84 Å². The van der Waals surface area contributed by atoms with Gasteiger partial charge < -0.3 is 9.47 Å². The van der Waals surface area contributed by atoms with Crippen LogP contribution in [0.3, 0.4) is 0 Å². The Morgan fingerprint density at radius 3 is 2.44 bits per heavy atom. The molecule has 5 nitrogen and oxygen atoms in total. The Kier molecular flexibility index (Phi) is 4.58. The lowest BCUT2D eigenvalue weighted by atomic mass is 10.2. The second kappa shape index (κ2) is 6.54. The van der Waals surface area contributed by atoms with Crippen LogP contribution in [0.1, 0.15) is 5.56 Å². The van der Waals surface area contributed by atoms with E-state index in [1.54, 1.807) is 24.3 Å². The van der Waals surface area contributed by atoms with Gasteiger partial charge in [0, 0.05) is 10.4 Å². The minimum Gasteiger partial charge on any atom is -0.497 e. The minimum absolute atomic E-state index is 0.0179. The van der Waals surface area contributed by atoms with Crippen molar-refractivity contribution in [3.05, 3.63) is 53.2 Å². The molecule has 0 fully saturated rings. The van der Waals surface area contributed by atoms with Gasteiger partial charge in [0.25, 0.3) is 0 Å². The number of rotatable bonds is 4. The summed E-state index contributed by atoms with van der Waals surface area (Å²) in [7, 11) is -0.881. The van der Waals surface area contributed by atoms with Crippen LogP contribution in [-0.4, -0.2) is 27.6 Å². The molecule has 0 spiro atoms. The number of aromatic nitrogens is 1. The van der Waals surface area contributed by atoms with Gasteiger partial charge in [-0.15, -0.1) is 0 Å². The van der Waals surface area contributed by atoms with E-state index in [1.807, 2.05) is 6.92 Å². The first-order chi connectivity index (χ1) is 11.9. The summed E-state index contributed by atoms with van der Waals surface area (Å²) in [5, 5.41) is 0.941. The number of pyridine rings is 1. The van der Waals surface area contributed by atoms with Crippen LogP contribution in [0.5, 0.6) is 11.5 Å². The summed E-state index contributed by atoms with van der Waals surface area (Å²) in [6, 6.07) is 9.81. The molecule has 2 aromatic carbocycles. The molecule has 1 aromatic heterocycles. The molecule has 3 rings (SSSR count). The lowest BCUT2D eigenvalue weighted by Crippen LogP contribution is -2.06. The Morgan fingerprint density at radius 2 is 1.80 bits per heavy atom. The van der Waals surface area contributed by atoms with Crippen LogP contribution in [0.4, 0.5) is 0 Å². The van der Waals surface area contributed by atoms with E-state index in [1.165, 1.54) is 32.5 Å². The number of sulfone groups is 1. The number of methoxy groups -OCH3 is 2. The molecular formula is C18H16ClNO4S. The number of aryl methyl sites for hydroxylation is 1. The second-order valence-electron chi connectivity index (χ2n) is 5.45. The summed E-state index contributed by atoms with van der Waals surface area (Å²) < 4.78 is 36.8. The fourth-order valence-electron chi connectivity index (χ4n) is 2.53. The first-order valence-corrected chi connectivity index (χ1v) is 9.26. The van der Waals surface area contributed by atoms with Gasteiger partial charge in [-0.1, -0.05) is 17.7 Å². The third kappa shape index (κ3) is 3.03. The summed E-state index contributed by atoms with van der Waals surface area (Å²) in [6.45, 7) is 1.81. The van der Waals surface area contributed by atoms with Gasteiger partial charge in [-0.2, -0.15) is 0 Å². The van der Waals surface area contributed by atoms with Crippen LogP contribution in [0, 0.1) is 6.92 Å². The van der Waals surface area contributed by atoms with E-state index in [9.17, 15) is 8.42 Å². The van der Waals surface area contributed by atoms with Crippen molar-refractivity contribution in [2.75, 3.05) is 14.2 Å². The average molecular weight is 378 g/mol. The number of ether oxygens (including phenoxy) is 2. The number of halogens is 1. The zero-order valence-corrected chi connectivity index (χ0v) is 15.5. The first-order valence-electron chi connectivity index (χ1n) is 7.40. The van der Waals surface area contributed by atoms with Gasteiger partial charge in [0.1, 0.15) is 16.4 Å². The molecule has 0 amide bonds. The third-order valence-corrected chi connectivity index (χ3v) is 6.09. The maximum atomic E-state index is 13.1. The topological polar surface area (TPSA) is 65.5 Å². The van der Waals surface area contributed by atoms with Crippen molar-refractivity contribution in [1.29, 1.82) is 0 Å². The van der Waals surface area contributed by atoms with E-state index in [0.29, 0.717) is 21.7 Å². The number of benzene rings is 2. The van der Waals surface area contributed by atoms with Gasteiger partial charge >= 0.3 is 0 Å². The maximum absolute atomic E-state index is 13.1. The smallest absolute Gasteiger partial charge is 0.211 e. The van der Waals surface area contributed by atoms with Crippen molar-refractivity contribution in [3.63, 3.8) is 0 Å². The van der Waals surface area contributed by atoms with Crippen molar-refractivity contribution >= 4 is 32.3 Å². The normalized spacial score (nSPS) is 11.5. The Hall–Kier alpha value is -2.31. The molecule has 0 saturated carbocycles. The largest absolute Gasteiger partial charge is 0.497 e. The number of nitrogens with zero attached hydrogens (tertiary/aromatic N) is 1. The van der Waals surface area contributed by atoms with Gasteiger partial charge in [0.15, 0.2) is 0 Å². The molecule has 0 atom stereocenters. The van der Waals surface area contributed by atoms with Crippen LogP contribution in [0.15, 0.2) is 52.4 Å². The molecule has 0 aliphatic heterocycles. The highest BCUT2D eigenvalue weighted by Crippen LogP contribution is 2.36. The van der Waals surface area contributed by atoms with E-state index < -0.39 is 9.84 Å². The monoisotopic (exact) mass is 377 g/mol. The zero-order chi connectivity index (χ0) is 18.2. The molecule has 0 aliphatic carbocycles. The predicted molar refractivity (Wildman–Crippen MR) is 96.5 cm³/mol. The van der Waals surface area contributed by atoms with Crippen molar-refractivity contribution in [2.24, 2.45) is 0 Å². The van der Waals surface area contributed by atoms with E-state index in [4.69, 9.17) is 21.1 Å². The summed E-state index contributed by atoms with van der Waals surface area (Å²) >= 11 is 6.09. The summed E-state index contributed by atoms with van der Waals surface area (Å²) in [5.41, 5.74) is 1.41. The molecule has 0 N–H and O–H groups in total. The Bertz CT molecular complexity index is 1060. The molecule has 0 saturated heterocycles. The fourth-order valence-corrected chi connectivity index (χ4v) is 4.17. The highest BCUT2D eigenvalue weighted by Gasteiger charge is 2.25. The standard InChI is InChI=1S/C18H16ClNO4S/c1-11-4-6-13(9-15(11)19)25(21,22)17-10-20-16-7-5-12(23-2)8-14(16)18(17)24-3/h4-10H,1-3H3. The van der Waals surface area contributed by atoms with Crippen LogP contribution in [0.25, 0.3) is 10.9 Å². The van der Waals surface area contributed by atoms with Gasteiger partial charge in [-0.05, 0) is 42.8 Å². The van der Waals surface area contributed by atoms with Crippen molar-refractivity contribution in [1.82, 2.24) is 4.98 Å². The maximum Gasteiger partial charge on any atom is 0.211 e. The molecule has 0 aliphatic rings. The number of hydrogen-bond acceptors (Lipinski definition) is 5. The number of fused-ring (bicyclic) bond motifs is 1. The summed E-state index contributed by atoms with van der Waals surface area (Å²) in [4.78, 5) is 4.32. The SMILES string of the molecule is COc1ccc2ncc(S(=O)(=O)c3ccc(C)c(Cl)c3)c(OC)c2c1. The van der Waals surface area contributed by atoms with Crippen LogP contribution >= 0.6 is 11.6 Å². The van der Waals surface area contributed by atoms with Crippen LogP contribution in [0.2, 0.25) is 5.02 Å². The van der Waals surface area contributed by atoms with E-state index in [-0.39, 0.29) is 15.5 Å². The molecular weight excluding hydrogens is 362 g/mol. The quantitative estimate of drug-likeness (QED) is 0.686. The Labute approximate surface area is 151 Å². The highest BCUT2D eigenvalue weighted by atomic mass is 35.5. The van der Waals surface area contributed by atoms with Crippen molar-refractivity contribution in [3.8, 4) is 11.5 Å². The third-order valence-electron chi connectivity index (χ3n) is 3.94. The van der Waals surface area contributed by atoms with Gasteiger partial charge in [0.05, 0.1) is 30.8 Å². The predicted octanol–water partition coefficient (Wildman–Crippen LogP) is 4.05.